The molecule has 3 heteroatoms. The van der Waals surface area contributed by atoms with Crippen molar-refractivity contribution in [2.24, 2.45) is 11.8 Å². The Kier molecular flexibility index (Phi) is 2.75. The standard InChI is InChI=1S/C14H17NO2/c16-14(17-12-4-2-1-3-5-12)15-13-9-10-6-7-11(13)8-10/h1-5,10-11,13H,6-9H2,(H,15,16). The van der Waals surface area contributed by atoms with Crippen LogP contribution < -0.4 is 10.1 Å². The number of hydrogen-bond acceptors (Lipinski definition) is 2. The Bertz CT molecular complexity index is 404. The molecule has 1 amide bonds. The predicted molar refractivity (Wildman–Crippen MR) is 64.8 cm³/mol. The fraction of sp³-hybridized carbons (Fsp3) is 0.500. The number of carbonyl (C=O) groups excluding carboxylic acids is 1. The van der Waals surface area contributed by atoms with Gasteiger partial charge in [0.1, 0.15) is 5.75 Å². The highest BCUT2D eigenvalue weighted by Crippen LogP contribution is 2.44. The minimum absolute atomic E-state index is 0.311. The second-order valence-electron chi connectivity index (χ2n) is 5.13. The summed E-state index contributed by atoms with van der Waals surface area (Å²) in [6.45, 7) is 0. The van der Waals surface area contributed by atoms with E-state index in [1.54, 1.807) is 12.1 Å². The number of para-hydroxylation sites is 1. The highest BCUT2D eigenvalue weighted by molar-refractivity contribution is 5.70. The molecule has 2 saturated carbocycles. The smallest absolute Gasteiger partial charge is 0.410 e. The number of amides is 1. The first kappa shape index (κ1) is 10.6. The summed E-state index contributed by atoms with van der Waals surface area (Å²) in [5, 5.41) is 3.00. The van der Waals surface area contributed by atoms with Crippen molar-refractivity contribution < 1.29 is 9.53 Å². The number of rotatable bonds is 2. The quantitative estimate of drug-likeness (QED) is 0.849. The highest BCUT2D eigenvalue weighted by atomic mass is 16.6. The van der Waals surface area contributed by atoms with E-state index in [1.807, 2.05) is 18.2 Å². The monoisotopic (exact) mass is 231 g/mol. The number of carbonyl (C=O) groups is 1. The Morgan fingerprint density at radius 1 is 1.18 bits per heavy atom. The molecule has 3 nitrogen and oxygen atoms in total. The van der Waals surface area contributed by atoms with E-state index in [-0.39, 0.29) is 6.09 Å². The molecule has 0 aliphatic heterocycles. The molecule has 3 atom stereocenters. The molecular weight excluding hydrogens is 214 g/mol. The molecule has 3 rings (SSSR count). The topological polar surface area (TPSA) is 38.3 Å². The van der Waals surface area contributed by atoms with Crippen molar-refractivity contribution in [2.45, 2.75) is 31.7 Å². The Balaban J connectivity index is 1.54. The third-order valence-electron chi connectivity index (χ3n) is 4.00. The first-order valence-corrected chi connectivity index (χ1v) is 6.34. The zero-order valence-corrected chi connectivity index (χ0v) is 9.76. The molecule has 17 heavy (non-hydrogen) atoms. The van der Waals surface area contributed by atoms with Crippen LogP contribution in [0.5, 0.6) is 5.75 Å². The van der Waals surface area contributed by atoms with Crippen LogP contribution in [0.4, 0.5) is 4.79 Å². The molecule has 90 valence electrons. The van der Waals surface area contributed by atoms with E-state index in [0.717, 1.165) is 12.3 Å². The minimum atomic E-state index is -0.311. The van der Waals surface area contributed by atoms with Gasteiger partial charge in [0.25, 0.3) is 0 Å². The SMILES string of the molecule is O=C(NC1CC2CCC1C2)Oc1ccccc1. The predicted octanol–water partition coefficient (Wildman–Crippen LogP) is 2.96. The van der Waals surface area contributed by atoms with E-state index >= 15 is 0 Å². The Hall–Kier alpha value is -1.51. The van der Waals surface area contributed by atoms with E-state index in [1.165, 1.54) is 19.3 Å². The lowest BCUT2D eigenvalue weighted by atomic mass is 9.96. The maximum atomic E-state index is 11.7. The summed E-state index contributed by atoms with van der Waals surface area (Å²) in [5.41, 5.74) is 0. The molecule has 0 aromatic heterocycles. The van der Waals surface area contributed by atoms with Gasteiger partial charge in [0.2, 0.25) is 0 Å². The van der Waals surface area contributed by atoms with Crippen molar-refractivity contribution in [3.8, 4) is 5.75 Å². The summed E-state index contributed by atoms with van der Waals surface area (Å²) >= 11 is 0. The molecule has 0 radical (unpaired) electrons. The Morgan fingerprint density at radius 3 is 2.65 bits per heavy atom. The van der Waals surface area contributed by atoms with Gasteiger partial charge in [-0.25, -0.2) is 4.79 Å². The molecule has 1 N–H and O–H groups in total. The third-order valence-corrected chi connectivity index (χ3v) is 4.00. The maximum absolute atomic E-state index is 11.7. The zero-order chi connectivity index (χ0) is 11.7. The van der Waals surface area contributed by atoms with Gasteiger partial charge in [0.05, 0.1) is 0 Å². The number of ether oxygens (including phenoxy) is 1. The molecule has 0 heterocycles. The summed E-state index contributed by atoms with van der Waals surface area (Å²) in [6.07, 6.45) is 4.72. The lowest BCUT2D eigenvalue weighted by Crippen LogP contribution is -2.40. The van der Waals surface area contributed by atoms with Crippen molar-refractivity contribution in [3.63, 3.8) is 0 Å². The number of hydrogen-bond donors (Lipinski definition) is 1. The lowest BCUT2D eigenvalue weighted by Gasteiger charge is -2.22. The molecule has 1 aromatic carbocycles. The van der Waals surface area contributed by atoms with E-state index < -0.39 is 0 Å². The van der Waals surface area contributed by atoms with Crippen LogP contribution in [-0.4, -0.2) is 12.1 Å². The molecule has 2 aliphatic carbocycles. The number of nitrogens with one attached hydrogen (secondary N) is 1. The van der Waals surface area contributed by atoms with Crippen LogP contribution in [0.25, 0.3) is 0 Å². The number of fused-ring (bicyclic) bond motifs is 2. The van der Waals surface area contributed by atoms with Crippen molar-refractivity contribution in [3.05, 3.63) is 30.3 Å². The van der Waals surface area contributed by atoms with E-state index in [2.05, 4.69) is 5.32 Å². The molecule has 2 bridgehead atoms. The average Bonchev–Trinajstić information content (AvgIpc) is 2.92. The molecule has 0 saturated heterocycles. The van der Waals surface area contributed by atoms with Crippen LogP contribution >= 0.6 is 0 Å². The lowest BCUT2D eigenvalue weighted by molar-refractivity contribution is 0.190. The van der Waals surface area contributed by atoms with Gasteiger partial charge in [-0.15, -0.1) is 0 Å². The third kappa shape index (κ3) is 2.28. The molecule has 2 aliphatic rings. The van der Waals surface area contributed by atoms with Gasteiger partial charge in [0, 0.05) is 6.04 Å². The molecule has 1 aromatic rings. The van der Waals surface area contributed by atoms with Crippen LogP contribution in [0.15, 0.2) is 30.3 Å². The number of benzene rings is 1. The molecule has 0 spiro atoms. The first-order chi connectivity index (χ1) is 8.31. The van der Waals surface area contributed by atoms with Crippen molar-refractivity contribution in [2.75, 3.05) is 0 Å². The summed E-state index contributed by atoms with van der Waals surface area (Å²) < 4.78 is 5.23. The Morgan fingerprint density at radius 2 is 2.00 bits per heavy atom. The van der Waals surface area contributed by atoms with Gasteiger partial charge < -0.3 is 10.1 Å². The van der Waals surface area contributed by atoms with Crippen LogP contribution in [-0.2, 0) is 0 Å². The van der Waals surface area contributed by atoms with Crippen molar-refractivity contribution in [1.29, 1.82) is 0 Å². The normalized spacial score (nSPS) is 30.2. The van der Waals surface area contributed by atoms with Gasteiger partial charge >= 0.3 is 6.09 Å². The summed E-state index contributed by atoms with van der Waals surface area (Å²) in [4.78, 5) is 11.7. The van der Waals surface area contributed by atoms with Gasteiger partial charge in [-0.1, -0.05) is 24.6 Å². The van der Waals surface area contributed by atoms with E-state index in [0.29, 0.717) is 17.7 Å². The maximum Gasteiger partial charge on any atom is 0.412 e. The van der Waals surface area contributed by atoms with Gasteiger partial charge in [-0.2, -0.15) is 0 Å². The Labute approximate surface area is 101 Å². The summed E-state index contributed by atoms with van der Waals surface area (Å²) in [7, 11) is 0. The van der Waals surface area contributed by atoms with Gasteiger partial charge in [-0.3, -0.25) is 0 Å². The fourth-order valence-corrected chi connectivity index (χ4v) is 3.20. The van der Waals surface area contributed by atoms with E-state index in [9.17, 15) is 4.79 Å². The minimum Gasteiger partial charge on any atom is -0.410 e. The summed E-state index contributed by atoms with van der Waals surface area (Å²) in [6, 6.07) is 9.55. The van der Waals surface area contributed by atoms with Crippen molar-refractivity contribution >= 4 is 6.09 Å². The second-order valence-corrected chi connectivity index (χ2v) is 5.13. The van der Waals surface area contributed by atoms with Crippen LogP contribution in [0.3, 0.4) is 0 Å². The van der Waals surface area contributed by atoms with Crippen LogP contribution in [0.1, 0.15) is 25.7 Å². The van der Waals surface area contributed by atoms with E-state index in [4.69, 9.17) is 4.74 Å². The first-order valence-electron chi connectivity index (χ1n) is 6.34. The fourth-order valence-electron chi connectivity index (χ4n) is 3.20. The molecule has 2 fully saturated rings. The van der Waals surface area contributed by atoms with Gasteiger partial charge in [0.15, 0.2) is 0 Å². The molecular formula is C14H17NO2. The second kappa shape index (κ2) is 4.40. The molecule has 3 unspecified atom stereocenters. The largest absolute Gasteiger partial charge is 0.412 e. The average molecular weight is 231 g/mol. The van der Waals surface area contributed by atoms with Crippen LogP contribution in [0.2, 0.25) is 0 Å². The van der Waals surface area contributed by atoms with Crippen LogP contribution in [0, 0.1) is 11.8 Å². The summed E-state index contributed by atoms with van der Waals surface area (Å²) in [5.74, 6) is 2.12. The highest BCUT2D eigenvalue weighted by Gasteiger charge is 2.40. The van der Waals surface area contributed by atoms with Crippen molar-refractivity contribution in [1.82, 2.24) is 5.32 Å². The zero-order valence-electron chi connectivity index (χ0n) is 9.76. The van der Waals surface area contributed by atoms with Gasteiger partial charge in [-0.05, 0) is 43.2 Å².